The fourth-order valence-electron chi connectivity index (χ4n) is 2.55. The number of aromatic nitrogens is 2. The lowest BCUT2D eigenvalue weighted by atomic mass is 10.0. The first kappa shape index (κ1) is 20.0. The third kappa shape index (κ3) is 4.88. The Morgan fingerprint density at radius 3 is 2.81 bits per heavy atom. The highest BCUT2D eigenvalue weighted by atomic mass is 35.5. The first-order valence-electron chi connectivity index (χ1n) is 8.05. The fourth-order valence-corrected chi connectivity index (χ4v) is 2.77. The largest absolute Gasteiger partial charge is 0.380 e. The van der Waals surface area contributed by atoms with Crippen LogP contribution < -0.4 is 5.32 Å². The molecule has 0 aliphatic carbocycles. The van der Waals surface area contributed by atoms with Crippen LogP contribution in [-0.4, -0.2) is 43.7 Å². The van der Waals surface area contributed by atoms with Gasteiger partial charge in [-0.15, -0.1) is 0 Å². The summed E-state index contributed by atoms with van der Waals surface area (Å²) >= 11 is 5.94. The van der Waals surface area contributed by atoms with Crippen molar-refractivity contribution in [2.24, 2.45) is 4.99 Å². The van der Waals surface area contributed by atoms with Gasteiger partial charge in [0.15, 0.2) is 0 Å². The van der Waals surface area contributed by atoms with E-state index in [4.69, 9.17) is 16.3 Å². The van der Waals surface area contributed by atoms with Crippen LogP contribution in [-0.2, 0) is 4.74 Å². The quantitative estimate of drug-likeness (QED) is 0.538. The molecule has 0 unspecified atom stereocenters. The third-order valence-electron chi connectivity index (χ3n) is 3.63. The number of hydrogen-bond donors (Lipinski definition) is 2. The summed E-state index contributed by atoms with van der Waals surface area (Å²) in [5.74, 6) is -0.413. The van der Waals surface area contributed by atoms with Crippen LogP contribution in [0.15, 0.2) is 47.0 Å². The predicted molar refractivity (Wildman–Crippen MR) is 105 cm³/mol. The van der Waals surface area contributed by atoms with Crippen molar-refractivity contribution in [1.29, 1.82) is 0 Å². The smallest absolute Gasteiger partial charge is 0.125 e. The minimum Gasteiger partial charge on any atom is -0.380 e. The van der Waals surface area contributed by atoms with Crippen molar-refractivity contribution >= 4 is 23.5 Å². The Kier molecular flexibility index (Phi) is 7.26. The molecular formula is C19H22ClFN4O. The second kappa shape index (κ2) is 9.43. The molecule has 0 aliphatic heterocycles. The van der Waals surface area contributed by atoms with Gasteiger partial charge in [-0.05, 0) is 49.4 Å². The van der Waals surface area contributed by atoms with Crippen LogP contribution in [0.3, 0.4) is 0 Å². The number of H-pyrrole nitrogens is 1. The number of aromatic amines is 1. The minimum atomic E-state index is -0.413. The van der Waals surface area contributed by atoms with Crippen molar-refractivity contribution in [1.82, 2.24) is 15.5 Å². The van der Waals surface area contributed by atoms with Gasteiger partial charge in [-0.25, -0.2) is 4.39 Å². The van der Waals surface area contributed by atoms with E-state index in [9.17, 15) is 4.39 Å². The molecule has 1 aromatic carbocycles. The highest BCUT2D eigenvalue weighted by molar-refractivity contribution is 6.30. The van der Waals surface area contributed by atoms with E-state index in [-0.39, 0.29) is 0 Å². The molecular weight excluding hydrogens is 355 g/mol. The van der Waals surface area contributed by atoms with E-state index < -0.39 is 5.82 Å². The van der Waals surface area contributed by atoms with Gasteiger partial charge in [-0.3, -0.25) is 10.1 Å². The van der Waals surface area contributed by atoms with Gasteiger partial charge in [-0.2, -0.15) is 5.10 Å². The van der Waals surface area contributed by atoms with Crippen molar-refractivity contribution < 1.29 is 9.13 Å². The number of halogens is 2. The Morgan fingerprint density at radius 1 is 1.42 bits per heavy atom. The molecule has 1 heterocycles. The van der Waals surface area contributed by atoms with E-state index in [0.717, 1.165) is 11.1 Å². The number of nitrogens with one attached hydrogen (secondary N) is 2. The van der Waals surface area contributed by atoms with Gasteiger partial charge < -0.3 is 10.1 Å². The molecule has 7 heteroatoms. The maximum absolute atomic E-state index is 13.6. The van der Waals surface area contributed by atoms with Gasteiger partial charge >= 0.3 is 0 Å². The van der Waals surface area contributed by atoms with Gasteiger partial charge in [0.2, 0.25) is 0 Å². The molecule has 0 amide bonds. The standard InChI is InChI=1S/C19H22ClFN4O/c1-5-23-19(16(10-22-3)12(2)11-26-4)18-9-17(24-25-18)13-6-14(20)8-15(21)7-13/h5-9,22H,2,10-11H2,1,3-4H3,(H,24,25)/b19-16-,23-5?. The van der Waals surface area contributed by atoms with Crippen LogP contribution in [0.25, 0.3) is 17.0 Å². The second-order valence-electron chi connectivity index (χ2n) is 5.61. The lowest BCUT2D eigenvalue weighted by Crippen LogP contribution is -2.15. The van der Waals surface area contributed by atoms with Crippen LogP contribution >= 0.6 is 11.6 Å². The van der Waals surface area contributed by atoms with Crippen molar-refractivity contribution in [2.45, 2.75) is 6.92 Å². The van der Waals surface area contributed by atoms with E-state index in [1.165, 1.54) is 12.1 Å². The molecule has 0 spiro atoms. The number of ether oxygens (including phenoxy) is 1. The molecule has 5 nitrogen and oxygen atoms in total. The van der Waals surface area contributed by atoms with Crippen LogP contribution in [0.4, 0.5) is 4.39 Å². The van der Waals surface area contributed by atoms with Crippen LogP contribution in [0, 0.1) is 5.82 Å². The molecule has 0 atom stereocenters. The van der Waals surface area contributed by atoms with Gasteiger partial charge in [-0.1, -0.05) is 18.2 Å². The molecule has 0 aliphatic rings. The molecule has 2 rings (SSSR count). The van der Waals surface area contributed by atoms with E-state index in [1.807, 2.05) is 20.0 Å². The molecule has 2 aromatic rings. The van der Waals surface area contributed by atoms with Crippen LogP contribution in [0.5, 0.6) is 0 Å². The van der Waals surface area contributed by atoms with E-state index in [0.29, 0.717) is 40.8 Å². The summed E-state index contributed by atoms with van der Waals surface area (Å²) in [6.45, 7) is 6.87. The molecule has 26 heavy (non-hydrogen) atoms. The predicted octanol–water partition coefficient (Wildman–Crippen LogP) is 4.09. The number of methoxy groups -OCH3 is 1. The molecule has 0 bridgehead atoms. The molecule has 0 fully saturated rings. The molecule has 0 saturated carbocycles. The third-order valence-corrected chi connectivity index (χ3v) is 3.85. The Balaban J connectivity index is 2.52. The lowest BCUT2D eigenvalue weighted by Gasteiger charge is -2.13. The van der Waals surface area contributed by atoms with Crippen molar-refractivity contribution in [3.05, 3.63) is 58.5 Å². The van der Waals surface area contributed by atoms with Crippen molar-refractivity contribution in [3.63, 3.8) is 0 Å². The maximum Gasteiger partial charge on any atom is 0.125 e. The van der Waals surface area contributed by atoms with E-state index >= 15 is 0 Å². The lowest BCUT2D eigenvalue weighted by molar-refractivity contribution is 0.227. The zero-order valence-corrected chi connectivity index (χ0v) is 15.8. The summed E-state index contributed by atoms with van der Waals surface area (Å²) in [7, 11) is 3.47. The summed E-state index contributed by atoms with van der Waals surface area (Å²) in [5, 5.41) is 10.7. The number of hydrogen-bond acceptors (Lipinski definition) is 4. The van der Waals surface area contributed by atoms with E-state index in [2.05, 4.69) is 27.1 Å². The Hall–Kier alpha value is -2.28. The second-order valence-corrected chi connectivity index (χ2v) is 6.04. The van der Waals surface area contributed by atoms with Crippen molar-refractivity contribution in [3.8, 4) is 11.3 Å². The summed E-state index contributed by atoms with van der Waals surface area (Å²) in [6.07, 6.45) is 1.70. The zero-order valence-electron chi connectivity index (χ0n) is 15.1. The Morgan fingerprint density at radius 2 is 2.19 bits per heavy atom. The highest BCUT2D eigenvalue weighted by Crippen LogP contribution is 2.28. The number of benzene rings is 1. The minimum absolute atomic E-state index is 0.316. The summed E-state index contributed by atoms with van der Waals surface area (Å²) in [4.78, 5) is 4.49. The number of rotatable bonds is 8. The van der Waals surface area contributed by atoms with E-state index in [1.54, 1.807) is 19.4 Å². The monoisotopic (exact) mass is 376 g/mol. The highest BCUT2D eigenvalue weighted by Gasteiger charge is 2.15. The number of nitrogens with zero attached hydrogens (tertiary/aromatic N) is 2. The summed E-state index contributed by atoms with van der Waals surface area (Å²) < 4.78 is 18.8. The average molecular weight is 377 g/mol. The average Bonchev–Trinajstić information content (AvgIpc) is 3.07. The normalized spacial score (nSPS) is 12.5. The topological polar surface area (TPSA) is 62.3 Å². The fraction of sp³-hybridized carbons (Fsp3) is 0.263. The summed E-state index contributed by atoms with van der Waals surface area (Å²) in [5.41, 5.74) is 4.27. The van der Waals surface area contributed by atoms with Gasteiger partial charge in [0.05, 0.1) is 23.7 Å². The van der Waals surface area contributed by atoms with Gasteiger partial charge in [0, 0.05) is 30.5 Å². The summed E-state index contributed by atoms with van der Waals surface area (Å²) in [6, 6.07) is 6.11. The molecule has 2 N–H and O–H groups in total. The van der Waals surface area contributed by atoms with Gasteiger partial charge in [0.1, 0.15) is 5.82 Å². The Labute approximate surface area is 157 Å². The molecule has 1 aromatic heterocycles. The van der Waals surface area contributed by atoms with Gasteiger partial charge in [0.25, 0.3) is 0 Å². The SMILES string of the molecule is C=C(COC)/C(CNC)=C(\N=CC)c1cc(-c2cc(F)cc(Cl)c2)n[nH]1. The molecule has 138 valence electrons. The number of aliphatic imine (C=N–C) groups is 1. The van der Waals surface area contributed by atoms with Crippen LogP contribution in [0.1, 0.15) is 12.6 Å². The van der Waals surface area contributed by atoms with Crippen LogP contribution in [0.2, 0.25) is 5.02 Å². The number of likely N-dealkylation sites (N-methyl/N-ethyl adjacent to an activating group) is 1. The first-order valence-corrected chi connectivity index (χ1v) is 8.43. The zero-order chi connectivity index (χ0) is 19.1. The molecule has 0 radical (unpaired) electrons. The Bertz CT molecular complexity index is 822. The first-order chi connectivity index (χ1) is 12.5. The maximum atomic E-state index is 13.6. The molecule has 0 saturated heterocycles. The van der Waals surface area contributed by atoms with Crippen molar-refractivity contribution in [2.75, 3.05) is 27.3 Å².